The highest BCUT2D eigenvalue weighted by atomic mass is 79.9. The molecule has 0 N–H and O–H groups in total. The zero-order chi connectivity index (χ0) is 8.97. The molecule has 0 spiro atoms. The van der Waals surface area contributed by atoms with Gasteiger partial charge in [0, 0.05) is 17.1 Å². The van der Waals surface area contributed by atoms with Crippen molar-refractivity contribution in [3.05, 3.63) is 34.9 Å². The molecule has 0 saturated carbocycles. The molecule has 0 saturated heterocycles. The maximum Gasteiger partial charge on any atom is 0.0477 e. The summed E-state index contributed by atoms with van der Waals surface area (Å²) in [6.45, 7) is 0. The molecule has 12 heavy (non-hydrogen) atoms. The summed E-state index contributed by atoms with van der Waals surface area (Å²) < 4.78 is 0. The number of hydrogen-bond donors (Lipinski definition) is 0. The van der Waals surface area contributed by atoms with Crippen LogP contribution in [0.4, 0.5) is 0 Å². The first-order valence-corrected chi connectivity index (χ1v) is 5.80. The fourth-order valence-electron chi connectivity index (χ4n) is 1.11. The molecule has 1 aromatic rings. The van der Waals surface area contributed by atoms with Crippen molar-refractivity contribution in [1.82, 2.24) is 0 Å². The molecule has 66 valence electrons. The minimum absolute atomic E-state index is 0.547. The van der Waals surface area contributed by atoms with E-state index in [2.05, 4.69) is 15.9 Å². The van der Waals surface area contributed by atoms with E-state index < -0.39 is 0 Å². The zero-order valence-corrected chi connectivity index (χ0v) is 9.59. The Labute approximate surface area is 91.0 Å². The summed E-state index contributed by atoms with van der Waals surface area (Å²) in [7, 11) is 0. The van der Waals surface area contributed by atoms with Gasteiger partial charge in [-0.25, -0.2) is 0 Å². The maximum absolute atomic E-state index is 5.78. The van der Waals surface area contributed by atoms with E-state index in [1.165, 1.54) is 5.56 Å². The Morgan fingerprint density at radius 3 is 1.92 bits per heavy atom. The molecular formula is C9H9BrCl2. The van der Waals surface area contributed by atoms with Gasteiger partial charge in [0.15, 0.2) is 0 Å². The van der Waals surface area contributed by atoms with Gasteiger partial charge in [0.1, 0.15) is 0 Å². The third-order valence-corrected chi connectivity index (χ3v) is 2.93. The topological polar surface area (TPSA) is 0 Å². The number of rotatable bonds is 3. The van der Waals surface area contributed by atoms with Crippen molar-refractivity contribution in [3.63, 3.8) is 0 Å². The van der Waals surface area contributed by atoms with Crippen molar-refractivity contribution in [2.24, 2.45) is 0 Å². The van der Waals surface area contributed by atoms with Crippen LogP contribution in [0.2, 0.25) is 0 Å². The minimum atomic E-state index is 0.547. The third kappa shape index (κ3) is 2.15. The molecule has 0 radical (unpaired) electrons. The number of hydrogen-bond acceptors (Lipinski definition) is 0. The highest BCUT2D eigenvalue weighted by Gasteiger charge is 2.04. The Bertz CT molecular complexity index is 238. The Morgan fingerprint density at radius 2 is 1.58 bits per heavy atom. The van der Waals surface area contributed by atoms with Crippen molar-refractivity contribution >= 4 is 39.1 Å². The third-order valence-electron chi connectivity index (χ3n) is 1.79. The second-order valence-corrected chi connectivity index (χ2v) is 3.55. The smallest absolute Gasteiger partial charge is 0.0477 e. The van der Waals surface area contributed by atoms with Gasteiger partial charge in [-0.3, -0.25) is 0 Å². The van der Waals surface area contributed by atoms with Crippen LogP contribution in [0.5, 0.6) is 0 Å². The summed E-state index contributed by atoms with van der Waals surface area (Å²) in [5, 5.41) is 0.817. The van der Waals surface area contributed by atoms with Crippen molar-refractivity contribution in [1.29, 1.82) is 0 Å². The Balaban J connectivity index is 3.13. The normalized spacial score (nSPS) is 10.2. The fraction of sp³-hybridized carbons (Fsp3) is 0.333. The molecule has 0 aliphatic heterocycles. The molecule has 0 nitrogen and oxygen atoms in total. The van der Waals surface area contributed by atoms with Gasteiger partial charge >= 0.3 is 0 Å². The van der Waals surface area contributed by atoms with Gasteiger partial charge in [-0.15, -0.1) is 23.2 Å². The molecule has 0 amide bonds. The highest BCUT2D eigenvalue weighted by Crippen LogP contribution is 2.21. The van der Waals surface area contributed by atoms with Crippen LogP contribution in [0, 0.1) is 0 Å². The molecule has 0 bridgehead atoms. The summed E-state index contributed by atoms with van der Waals surface area (Å²) in [6.07, 6.45) is 0. The Kier molecular flexibility index (Phi) is 4.41. The predicted octanol–water partition coefficient (Wildman–Crippen LogP) is 4.06. The molecule has 0 atom stereocenters. The Morgan fingerprint density at radius 1 is 1.08 bits per heavy atom. The molecule has 0 heterocycles. The first-order chi connectivity index (χ1) is 5.83. The van der Waals surface area contributed by atoms with Crippen LogP contribution < -0.4 is 0 Å². The van der Waals surface area contributed by atoms with Gasteiger partial charge in [0.2, 0.25) is 0 Å². The van der Waals surface area contributed by atoms with E-state index in [4.69, 9.17) is 23.2 Å². The Hall–Kier alpha value is 0.280. The van der Waals surface area contributed by atoms with Crippen LogP contribution in [0.25, 0.3) is 0 Å². The average Bonchev–Trinajstić information content (AvgIpc) is 2.16. The van der Waals surface area contributed by atoms with Crippen molar-refractivity contribution < 1.29 is 0 Å². The molecule has 3 heteroatoms. The lowest BCUT2D eigenvalue weighted by molar-refractivity contribution is 1.21. The first-order valence-electron chi connectivity index (χ1n) is 3.61. The quantitative estimate of drug-likeness (QED) is 0.725. The molecular weight excluding hydrogens is 259 g/mol. The monoisotopic (exact) mass is 266 g/mol. The van der Waals surface area contributed by atoms with Crippen LogP contribution in [0.1, 0.15) is 16.7 Å². The van der Waals surface area contributed by atoms with E-state index in [1.54, 1.807) is 0 Å². The molecule has 1 aromatic carbocycles. The lowest BCUT2D eigenvalue weighted by atomic mass is 10.1. The van der Waals surface area contributed by atoms with E-state index >= 15 is 0 Å². The lowest BCUT2D eigenvalue weighted by Gasteiger charge is -2.08. The first kappa shape index (κ1) is 10.4. The molecule has 1 rings (SSSR count). The van der Waals surface area contributed by atoms with Crippen LogP contribution in [-0.2, 0) is 17.1 Å². The van der Waals surface area contributed by atoms with E-state index in [9.17, 15) is 0 Å². The summed E-state index contributed by atoms with van der Waals surface area (Å²) in [6, 6.07) is 6.04. The second kappa shape index (κ2) is 5.11. The maximum atomic E-state index is 5.78. The van der Waals surface area contributed by atoms with Crippen LogP contribution in [0.3, 0.4) is 0 Å². The van der Waals surface area contributed by atoms with Crippen LogP contribution >= 0.6 is 39.1 Å². The average molecular weight is 268 g/mol. The summed E-state index contributed by atoms with van der Waals surface area (Å²) in [4.78, 5) is 0. The van der Waals surface area contributed by atoms with E-state index in [-0.39, 0.29) is 0 Å². The zero-order valence-electron chi connectivity index (χ0n) is 6.49. The van der Waals surface area contributed by atoms with Gasteiger partial charge in [0.25, 0.3) is 0 Å². The molecule has 0 aromatic heterocycles. The van der Waals surface area contributed by atoms with Crippen LogP contribution in [0.15, 0.2) is 18.2 Å². The number of halogens is 3. The fourth-order valence-corrected chi connectivity index (χ4v) is 2.33. The number of benzene rings is 1. The van der Waals surface area contributed by atoms with Crippen molar-refractivity contribution in [3.8, 4) is 0 Å². The molecule has 0 unspecified atom stereocenters. The van der Waals surface area contributed by atoms with Crippen LogP contribution in [-0.4, -0.2) is 0 Å². The van der Waals surface area contributed by atoms with Gasteiger partial charge < -0.3 is 0 Å². The van der Waals surface area contributed by atoms with Gasteiger partial charge in [-0.2, -0.15) is 0 Å². The summed E-state index contributed by atoms with van der Waals surface area (Å²) in [5.41, 5.74) is 3.54. The minimum Gasteiger partial charge on any atom is -0.122 e. The predicted molar refractivity (Wildman–Crippen MR) is 58.2 cm³/mol. The molecule has 0 aliphatic carbocycles. The second-order valence-electron chi connectivity index (χ2n) is 2.46. The SMILES string of the molecule is ClCc1cccc(CCl)c1CBr. The van der Waals surface area contributed by atoms with Crippen molar-refractivity contribution in [2.45, 2.75) is 17.1 Å². The largest absolute Gasteiger partial charge is 0.122 e. The lowest BCUT2D eigenvalue weighted by Crippen LogP contribution is -1.93. The highest BCUT2D eigenvalue weighted by molar-refractivity contribution is 9.08. The van der Waals surface area contributed by atoms with Gasteiger partial charge in [-0.1, -0.05) is 34.1 Å². The standard InChI is InChI=1S/C9H9BrCl2/c10-4-9-7(5-11)2-1-3-8(9)6-12/h1-3H,4-6H2. The van der Waals surface area contributed by atoms with Gasteiger partial charge in [0.05, 0.1) is 0 Å². The molecule has 0 aliphatic rings. The molecule has 0 fully saturated rings. The number of alkyl halides is 3. The van der Waals surface area contributed by atoms with Crippen molar-refractivity contribution in [2.75, 3.05) is 0 Å². The summed E-state index contributed by atoms with van der Waals surface area (Å²) >= 11 is 15.0. The van der Waals surface area contributed by atoms with E-state index in [1.807, 2.05) is 18.2 Å². The van der Waals surface area contributed by atoms with E-state index in [0.29, 0.717) is 11.8 Å². The van der Waals surface area contributed by atoms with Gasteiger partial charge in [-0.05, 0) is 16.7 Å². The summed E-state index contributed by atoms with van der Waals surface area (Å²) in [5.74, 6) is 1.09. The van der Waals surface area contributed by atoms with E-state index in [0.717, 1.165) is 16.5 Å².